The van der Waals surface area contributed by atoms with Crippen LogP contribution in [-0.2, 0) is 19.6 Å². The number of morpholine rings is 1. The quantitative estimate of drug-likeness (QED) is 0.851. The number of carbonyl (C=O) groups excluding carboxylic acids is 1. The lowest BCUT2D eigenvalue weighted by Gasteiger charge is -2.37. The van der Waals surface area contributed by atoms with Crippen LogP contribution in [0.1, 0.15) is 45.1 Å². The zero-order chi connectivity index (χ0) is 19.7. The number of hydrogen-bond donors (Lipinski definition) is 1. The van der Waals surface area contributed by atoms with Crippen molar-refractivity contribution >= 4 is 21.6 Å². The van der Waals surface area contributed by atoms with Gasteiger partial charge in [0.1, 0.15) is 0 Å². The molecule has 0 radical (unpaired) electrons. The van der Waals surface area contributed by atoms with Crippen molar-refractivity contribution in [2.24, 2.45) is 11.3 Å². The van der Waals surface area contributed by atoms with E-state index in [2.05, 4.69) is 19.2 Å². The maximum absolute atomic E-state index is 13.0. The van der Waals surface area contributed by atoms with Gasteiger partial charge in [-0.25, -0.2) is 8.42 Å². The Labute approximate surface area is 162 Å². The lowest BCUT2D eigenvalue weighted by molar-refractivity contribution is -0.124. The molecule has 1 aliphatic carbocycles. The first kappa shape index (κ1) is 20.3. The molecule has 1 aliphatic heterocycles. The number of amides is 1. The summed E-state index contributed by atoms with van der Waals surface area (Å²) in [5.74, 6) is -0.0647. The van der Waals surface area contributed by atoms with Gasteiger partial charge < -0.3 is 10.1 Å². The Balaban J connectivity index is 1.82. The van der Waals surface area contributed by atoms with Crippen LogP contribution in [0.25, 0.3) is 0 Å². The third-order valence-corrected chi connectivity index (χ3v) is 7.91. The minimum atomic E-state index is -3.60. The minimum Gasteiger partial charge on any atom is -0.379 e. The molecule has 7 heteroatoms. The van der Waals surface area contributed by atoms with Gasteiger partial charge in [-0.2, -0.15) is 4.31 Å². The molecule has 1 aromatic carbocycles. The molecule has 0 bridgehead atoms. The van der Waals surface area contributed by atoms with Gasteiger partial charge in [-0.15, -0.1) is 0 Å². The Hall–Kier alpha value is -1.44. The first-order valence-electron chi connectivity index (χ1n) is 9.71. The van der Waals surface area contributed by atoms with Crippen molar-refractivity contribution < 1.29 is 17.9 Å². The van der Waals surface area contributed by atoms with Gasteiger partial charge in [0.25, 0.3) is 0 Å². The molecule has 1 N–H and O–H groups in total. The molecule has 1 aromatic rings. The van der Waals surface area contributed by atoms with Gasteiger partial charge >= 0.3 is 0 Å². The average Bonchev–Trinajstić information content (AvgIpc) is 2.63. The average molecular weight is 395 g/mol. The fourth-order valence-electron chi connectivity index (χ4n) is 4.09. The van der Waals surface area contributed by atoms with E-state index in [1.807, 2.05) is 0 Å². The van der Waals surface area contributed by atoms with Gasteiger partial charge in [-0.1, -0.05) is 32.8 Å². The molecule has 1 atom stereocenters. The van der Waals surface area contributed by atoms with Gasteiger partial charge in [0, 0.05) is 24.7 Å². The number of hydrogen-bond acceptors (Lipinski definition) is 4. The molecular weight excluding hydrogens is 364 g/mol. The number of benzene rings is 1. The largest absolute Gasteiger partial charge is 0.379 e. The second-order valence-corrected chi connectivity index (χ2v) is 10.2. The maximum atomic E-state index is 13.0. The number of aryl methyl sites for hydroxylation is 1. The molecule has 1 saturated carbocycles. The molecular formula is C20H30N2O4S. The van der Waals surface area contributed by atoms with Gasteiger partial charge in [-0.3, -0.25) is 4.79 Å². The Morgan fingerprint density at radius 2 is 1.93 bits per heavy atom. The maximum Gasteiger partial charge on any atom is 0.243 e. The Morgan fingerprint density at radius 3 is 2.59 bits per heavy atom. The summed E-state index contributed by atoms with van der Waals surface area (Å²) in [6.45, 7) is 7.59. The summed E-state index contributed by atoms with van der Waals surface area (Å²) in [7, 11) is -3.60. The highest BCUT2D eigenvalue weighted by atomic mass is 32.2. The molecule has 1 amide bonds. The molecule has 3 rings (SSSR count). The van der Waals surface area contributed by atoms with Crippen molar-refractivity contribution in [3.8, 4) is 0 Å². The van der Waals surface area contributed by atoms with Crippen LogP contribution in [-0.4, -0.2) is 44.9 Å². The summed E-state index contributed by atoms with van der Waals surface area (Å²) in [5.41, 5.74) is 1.19. The summed E-state index contributed by atoms with van der Waals surface area (Å²) in [4.78, 5) is 13.1. The van der Waals surface area contributed by atoms with Crippen molar-refractivity contribution in [2.45, 2.75) is 51.3 Å². The minimum absolute atomic E-state index is 0.0155. The fourth-order valence-corrected chi connectivity index (χ4v) is 5.75. The first-order valence-corrected chi connectivity index (χ1v) is 11.2. The van der Waals surface area contributed by atoms with E-state index >= 15 is 0 Å². The van der Waals surface area contributed by atoms with Crippen LogP contribution in [0.4, 0.5) is 5.69 Å². The molecule has 150 valence electrons. The summed E-state index contributed by atoms with van der Waals surface area (Å²) < 4.78 is 32.7. The predicted octanol–water partition coefficient (Wildman–Crippen LogP) is 3.17. The molecule has 1 saturated heterocycles. The zero-order valence-electron chi connectivity index (χ0n) is 16.5. The molecule has 0 aromatic heterocycles. The second kappa shape index (κ2) is 7.89. The summed E-state index contributed by atoms with van der Waals surface area (Å²) >= 11 is 0. The summed E-state index contributed by atoms with van der Waals surface area (Å²) in [6, 6.07) is 5.13. The molecule has 2 aliphatic rings. The highest BCUT2D eigenvalue weighted by Gasteiger charge is 2.37. The third-order valence-electron chi connectivity index (χ3n) is 5.87. The first-order chi connectivity index (χ1) is 12.7. The topological polar surface area (TPSA) is 75.7 Å². The molecule has 0 spiro atoms. The van der Waals surface area contributed by atoms with Crippen molar-refractivity contribution in [1.29, 1.82) is 0 Å². The lowest BCUT2D eigenvalue weighted by atomic mass is 9.68. The van der Waals surface area contributed by atoms with Crippen LogP contribution in [0.15, 0.2) is 23.1 Å². The Morgan fingerprint density at radius 1 is 1.22 bits per heavy atom. The standard InChI is InChI=1S/C20H30N2O4S/c1-15-7-8-16(21-19(23)17-6-4-5-9-20(17,2)3)14-18(15)27(24,25)22-10-12-26-13-11-22/h7-8,14,17H,4-6,9-13H2,1-3H3,(H,21,23). The SMILES string of the molecule is Cc1ccc(NC(=O)C2CCCCC2(C)C)cc1S(=O)(=O)N1CCOCC1. The van der Waals surface area contributed by atoms with E-state index in [-0.39, 0.29) is 22.1 Å². The predicted molar refractivity (Wildman–Crippen MR) is 105 cm³/mol. The van der Waals surface area contributed by atoms with Gasteiger partial charge in [0.05, 0.1) is 18.1 Å². The van der Waals surface area contributed by atoms with Crippen molar-refractivity contribution in [2.75, 3.05) is 31.6 Å². The van der Waals surface area contributed by atoms with Crippen LogP contribution in [0.3, 0.4) is 0 Å². The number of carbonyl (C=O) groups is 1. The summed E-state index contributed by atoms with van der Waals surface area (Å²) in [6.07, 6.45) is 4.13. The number of nitrogens with zero attached hydrogens (tertiary/aromatic N) is 1. The third kappa shape index (κ3) is 4.36. The van der Waals surface area contributed by atoms with Crippen LogP contribution in [0.2, 0.25) is 0 Å². The van der Waals surface area contributed by atoms with Crippen LogP contribution >= 0.6 is 0 Å². The van der Waals surface area contributed by atoms with Gasteiger partial charge in [-0.05, 0) is 42.9 Å². The smallest absolute Gasteiger partial charge is 0.243 e. The van der Waals surface area contributed by atoms with E-state index in [1.54, 1.807) is 25.1 Å². The zero-order valence-corrected chi connectivity index (χ0v) is 17.3. The van der Waals surface area contributed by atoms with Crippen molar-refractivity contribution in [3.63, 3.8) is 0 Å². The number of sulfonamides is 1. The molecule has 1 unspecified atom stereocenters. The van der Waals surface area contributed by atoms with E-state index < -0.39 is 10.0 Å². The lowest BCUT2D eigenvalue weighted by Crippen LogP contribution is -2.41. The highest BCUT2D eigenvalue weighted by molar-refractivity contribution is 7.89. The van der Waals surface area contributed by atoms with Crippen LogP contribution in [0.5, 0.6) is 0 Å². The van der Waals surface area contributed by atoms with E-state index in [9.17, 15) is 13.2 Å². The normalized spacial score (nSPS) is 23.7. The summed E-state index contributed by atoms with van der Waals surface area (Å²) in [5, 5.41) is 2.96. The molecule has 1 heterocycles. The number of rotatable bonds is 4. The Kier molecular flexibility index (Phi) is 5.93. The number of anilines is 1. The van der Waals surface area contributed by atoms with E-state index in [0.717, 1.165) is 25.7 Å². The van der Waals surface area contributed by atoms with Crippen molar-refractivity contribution in [1.82, 2.24) is 4.31 Å². The number of nitrogens with one attached hydrogen (secondary N) is 1. The second-order valence-electron chi connectivity index (χ2n) is 8.27. The number of ether oxygens (including phenoxy) is 1. The van der Waals surface area contributed by atoms with Crippen LogP contribution < -0.4 is 5.32 Å². The fraction of sp³-hybridized carbons (Fsp3) is 0.650. The molecule has 2 fully saturated rings. The molecule has 6 nitrogen and oxygen atoms in total. The monoisotopic (exact) mass is 394 g/mol. The van der Waals surface area contributed by atoms with Gasteiger partial charge in [0.2, 0.25) is 15.9 Å². The van der Waals surface area contributed by atoms with E-state index in [1.165, 1.54) is 4.31 Å². The van der Waals surface area contributed by atoms with Gasteiger partial charge in [0.15, 0.2) is 0 Å². The van der Waals surface area contributed by atoms with E-state index in [0.29, 0.717) is 37.6 Å². The highest BCUT2D eigenvalue weighted by Crippen LogP contribution is 2.41. The van der Waals surface area contributed by atoms with Crippen LogP contribution in [0, 0.1) is 18.3 Å². The van der Waals surface area contributed by atoms with E-state index in [4.69, 9.17) is 4.74 Å². The Bertz CT molecular complexity index is 798. The molecule has 27 heavy (non-hydrogen) atoms. The van der Waals surface area contributed by atoms with Crippen molar-refractivity contribution in [3.05, 3.63) is 23.8 Å².